The van der Waals surface area contributed by atoms with Crippen LogP contribution in [0.15, 0.2) is 30.3 Å². The van der Waals surface area contributed by atoms with Gasteiger partial charge in [0.1, 0.15) is 0 Å². The van der Waals surface area contributed by atoms with Gasteiger partial charge < -0.3 is 15.8 Å². The molecule has 0 spiro atoms. The molecule has 19 heavy (non-hydrogen) atoms. The molecule has 5 nitrogen and oxygen atoms in total. The van der Waals surface area contributed by atoms with Crippen LogP contribution in [0.4, 0.5) is 0 Å². The predicted molar refractivity (Wildman–Crippen MR) is 72.2 cm³/mol. The Balaban J connectivity index is 2.94. The van der Waals surface area contributed by atoms with Crippen LogP contribution in [0.5, 0.6) is 0 Å². The Kier molecular flexibility index (Phi) is 5.06. The van der Waals surface area contributed by atoms with Gasteiger partial charge in [-0.05, 0) is 26.3 Å². The van der Waals surface area contributed by atoms with Crippen LogP contribution in [0, 0.1) is 0 Å². The van der Waals surface area contributed by atoms with Crippen LogP contribution < -0.4 is 11.1 Å². The first kappa shape index (κ1) is 15.2. The smallest absolute Gasteiger partial charge is 0.333 e. The zero-order valence-electron chi connectivity index (χ0n) is 11.5. The molecule has 0 aliphatic heterocycles. The molecule has 0 fully saturated rings. The van der Waals surface area contributed by atoms with Gasteiger partial charge in [0.05, 0.1) is 12.1 Å². The van der Waals surface area contributed by atoms with Crippen LogP contribution in [-0.4, -0.2) is 24.0 Å². The van der Waals surface area contributed by atoms with Crippen LogP contribution in [0.25, 0.3) is 0 Å². The van der Waals surface area contributed by atoms with Crippen LogP contribution >= 0.6 is 0 Å². The van der Waals surface area contributed by atoms with E-state index in [4.69, 9.17) is 10.5 Å². The van der Waals surface area contributed by atoms with Gasteiger partial charge in [-0.3, -0.25) is 4.79 Å². The molecule has 0 saturated carbocycles. The van der Waals surface area contributed by atoms with Crippen molar-refractivity contribution in [3.05, 3.63) is 35.9 Å². The van der Waals surface area contributed by atoms with Crippen molar-refractivity contribution >= 4 is 11.9 Å². The summed E-state index contributed by atoms with van der Waals surface area (Å²) in [4.78, 5) is 23.8. The molecular formula is C14H20N2O3. The summed E-state index contributed by atoms with van der Waals surface area (Å²) in [6.45, 7) is 5.13. The number of nitrogens with one attached hydrogen (secondary N) is 1. The van der Waals surface area contributed by atoms with Crippen LogP contribution in [-0.2, 0) is 14.3 Å². The summed E-state index contributed by atoms with van der Waals surface area (Å²) in [5.41, 5.74) is 5.32. The zero-order chi connectivity index (χ0) is 14.5. The van der Waals surface area contributed by atoms with Gasteiger partial charge in [-0.25, -0.2) is 4.79 Å². The molecule has 0 heterocycles. The molecule has 0 aromatic heterocycles. The summed E-state index contributed by atoms with van der Waals surface area (Å²) < 4.78 is 4.98. The van der Waals surface area contributed by atoms with E-state index in [1.807, 2.05) is 6.07 Å². The van der Waals surface area contributed by atoms with Gasteiger partial charge in [0.2, 0.25) is 5.91 Å². The van der Waals surface area contributed by atoms with Crippen LogP contribution in [0.2, 0.25) is 0 Å². The number of carbonyl (C=O) groups excluding carboxylic acids is 2. The van der Waals surface area contributed by atoms with E-state index < -0.39 is 23.5 Å². The van der Waals surface area contributed by atoms with Gasteiger partial charge in [0.25, 0.3) is 0 Å². The molecule has 1 unspecified atom stereocenters. The van der Waals surface area contributed by atoms with Crippen molar-refractivity contribution in [1.82, 2.24) is 5.32 Å². The number of hydrogen-bond donors (Lipinski definition) is 2. The molecule has 0 bridgehead atoms. The molecule has 5 heteroatoms. The third-order valence-electron chi connectivity index (χ3n) is 2.52. The lowest BCUT2D eigenvalue weighted by Crippen LogP contribution is -2.51. The molecule has 0 radical (unpaired) electrons. The Morgan fingerprint density at radius 3 is 2.37 bits per heavy atom. The second kappa shape index (κ2) is 6.33. The highest BCUT2D eigenvalue weighted by atomic mass is 16.5. The highest BCUT2D eigenvalue weighted by molar-refractivity contribution is 5.90. The highest BCUT2D eigenvalue weighted by Crippen LogP contribution is 2.15. The van der Waals surface area contributed by atoms with E-state index >= 15 is 0 Å². The fourth-order valence-corrected chi connectivity index (χ4v) is 1.47. The molecule has 1 rings (SSSR count). The molecule has 1 aromatic carbocycles. The van der Waals surface area contributed by atoms with Crippen LogP contribution in [0.3, 0.4) is 0 Å². The monoisotopic (exact) mass is 264 g/mol. The molecule has 1 aromatic rings. The average Bonchev–Trinajstić information content (AvgIpc) is 2.35. The lowest BCUT2D eigenvalue weighted by atomic mass is 10.0. The molecule has 1 atom stereocenters. The topological polar surface area (TPSA) is 81.4 Å². The minimum Gasteiger partial charge on any atom is -0.464 e. The largest absolute Gasteiger partial charge is 0.464 e. The quantitative estimate of drug-likeness (QED) is 0.781. The number of benzene rings is 1. The number of esters is 1. The van der Waals surface area contributed by atoms with Crippen molar-refractivity contribution in [1.29, 1.82) is 0 Å². The maximum absolute atomic E-state index is 11.9. The van der Waals surface area contributed by atoms with Crippen molar-refractivity contribution in [2.75, 3.05) is 6.61 Å². The van der Waals surface area contributed by atoms with E-state index in [1.54, 1.807) is 45.0 Å². The third kappa shape index (κ3) is 4.37. The Bertz CT molecular complexity index is 438. The van der Waals surface area contributed by atoms with Crippen LogP contribution in [0.1, 0.15) is 32.4 Å². The van der Waals surface area contributed by atoms with Crippen molar-refractivity contribution < 1.29 is 14.3 Å². The molecule has 104 valence electrons. The first-order valence-corrected chi connectivity index (χ1v) is 6.17. The predicted octanol–water partition coefficient (Wildman–Crippen LogP) is 1.14. The average molecular weight is 264 g/mol. The Morgan fingerprint density at radius 2 is 1.89 bits per heavy atom. The van der Waals surface area contributed by atoms with Gasteiger partial charge >= 0.3 is 5.97 Å². The fraction of sp³-hybridized carbons (Fsp3) is 0.429. The molecule has 1 amide bonds. The molecule has 0 aliphatic carbocycles. The Hall–Kier alpha value is -1.88. The standard InChI is InChI=1S/C14H20N2O3/c1-4-19-12(17)11(10-8-6-5-7-9-10)16-13(18)14(2,3)15/h5-9,11H,4,15H2,1-3H3,(H,16,18). The maximum atomic E-state index is 11.9. The maximum Gasteiger partial charge on any atom is 0.333 e. The minimum atomic E-state index is -1.06. The summed E-state index contributed by atoms with van der Waals surface area (Å²) in [5.74, 6) is -0.902. The molecule has 0 saturated heterocycles. The van der Waals surface area contributed by atoms with E-state index in [2.05, 4.69) is 5.32 Å². The Labute approximate surface area is 113 Å². The number of amides is 1. The summed E-state index contributed by atoms with van der Waals surface area (Å²) in [6.07, 6.45) is 0. The summed E-state index contributed by atoms with van der Waals surface area (Å²) in [5, 5.41) is 2.62. The van der Waals surface area contributed by atoms with Gasteiger partial charge in [0.15, 0.2) is 6.04 Å². The SMILES string of the molecule is CCOC(=O)C(NC(=O)C(C)(C)N)c1ccccc1. The van der Waals surface area contributed by atoms with E-state index in [-0.39, 0.29) is 6.61 Å². The molecular weight excluding hydrogens is 244 g/mol. The van der Waals surface area contributed by atoms with E-state index in [0.717, 1.165) is 0 Å². The minimum absolute atomic E-state index is 0.254. The van der Waals surface area contributed by atoms with Gasteiger partial charge in [-0.1, -0.05) is 30.3 Å². The molecule has 0 aliphatic rings. The van der Waals surface area contributed by atoms with Gasteiger partial charge in [-0.2, -0.15) is 0 Å². The molecule has 3 N–H and O–H groups in total. The van der Waals surface area contributed by atoms with E-state index in [0.29, 0.717) is 5.56 Å². The van der Waals surface area contributed by atoms with Crippen molar-refractivity contribution in [3.63, 3.8) is 0 Å². The van der Waals surface area contributed by atoms with E-state index in [9.17, 15) is 9.59 Å². The second-order valence-electron chi connectivity index (χ2n) is 4.79. The summed E-state index contributed by atoms with van der Waals surface area (Å²) in [7, 11) is 0. The summed E-state index contributed by atoms with van der Waals surface area (Å²) in [6, 6.07) is 8.09. The highest BCUT2D eigenvalue weighted by Gasteiger charge is 2.29. The number of ether oxygens (including phenoxy) is 1. The van der Waals surface area contributed by atoms with E-state index in [1.165, 1.54) is 0 Å². The fourth-order valence-electron chi connectivity index (χ4n) is 1.47. The summed E-state index contributed by atoms with van der Waals surface area (Å²) >= 11 is 0. The number of hydrogen-bond acceptors (Lipinski definition) is 4. The lowest BCUT2D eigenvalue weighted by Gasteiger charge is -2.23. The third-order valence-corrected chi connectivity index (χ3v) is 2.52. The number of rotatable bonds is 5. The van der Waals surface area contributed by atoms with Crippen molar-refractivity contribution in [3.8, 4) is 0 Å². The van der Waals surface area contributed by atoms with Crippen molar-refractivity contribution in [2.24, 2.45) is 5.73 Å². The van der Waals surface area contributed by atoms with Gasteiger partial charge in [-0.15, -0.1) is 0 Å². The lowest BCUT2D eigenvalue weighted by molar-refractivity contribution is -0.148. The first-order chi connectivity index (χ1) is 8.86. The number of nitrogens with two attached hydrogens (primary N) is 1. The van der Waals surface area contributed by atoms with Gasteiger partial charge in [0, 0.05) is 0 Å². The zero-order valence-corrected chi connectivity index (χ0v) is 11.5. The first-order valence-electron chi connectivity index (χ1n) is 6.17. The van der Waals surface area contributed by atoms with Crippen molar-refractivity contribution in [2.45, 2.75) is 32.4 Å². The normalized spacial score (nSPS) is 12.6. The number of carbonyl (C=O) groups is 2. The Morgan fingerprint density at radius 1 is 1.32 bits per heavy atom. The second-order valence-corrected chi connectivity index (χ2v) is 4.79.